The van der Waals surface area contributed by atoms with E-state index < -0.39 is 0 Å². The molecule has 1 unspecified atom stereocenters. The van der Waals surface area contributed by atoms with Gasteiger partial charge in [0.2, 0.25) is 5.91 Å². The quantitative estimate of drug-likeness (QED) is 0.866. The number of hydrogen-bond acceptors (Lipinski definition) is 3. The van der Waals surface area contributed by atoms with Crippen LogP contribution in [0.25, 0.3) is 0 Å². The summed E-state index contributed by atoms with van der Waals surface area (Å²) >= 11 is 0. The van der Waals surface area contributed by atoms with Crippen molar-refractivity contribution in [1.82, 2.24) is 5.32 Å². The van der Waals surface area contributed by atoms with Crippen LogP contribution < -0.4 is 15.5 Å². The number of carbonyl (C=O) groups excluding carboxylic acids is 1. The van der Waals surface area contributed by atoms with E-state index in [4.69, 9.17) is 0 Å². The minimum Gasteiger partial charge on any atom is -0.369 e. The third kappa shape index (κ3) is 2.40. The number of anilines is 2. The molecule has 3 rings (SSSR count). The number of carbonyl (C=O) groups is 1. The van der Waals surface area contributed by atoms with Crippen molar-refractivity contribution in [3.63, 3.8) is 0 Å². The number of fused-ring (bicyclic) bond motifs is 1. The molecule has 0 bridgehead atoms. The second-order valence-corrected chi connectivity index (χ2v) is 6.17. The number of nitrogens with zero attached hydrogens (tertiary/aromatic N) is 1. The fraction of sp³-hybridized carbons (Fsp3) is 0.562. The van der Waals surface area contributed by atoms with Crippen molar-refractivity contribution in [2.75, 3.05) is 23.8 Å². The molecule has 108 valence electrons. The third-order valence-corrected chi connectivity index (χ3v) is 4.26. The van der Waals surface area contributed by atoms with Crippen LogP contribution in [0.4, 0.5) is 11.4 Å². The second-order valence-electron chi connectivity index (χ2n) is 6.17. The predicted octanol–water partition coefficient (Wildman–Crippen LogP) is 2.52. The molecule has 1 aliphatic carbocycles. The molecule has 1 amide bonds. The first-order chi connectivity index (χ1) is 9.60. The Labute approximate surface area is 120 Å². The van der Waals surface area contributed by atoms with Gasteiger partial charge in [-0.3, -0.25) is 4.79 Å². The van der Waals surface area contributed by atoms with Gasteiger partial charge in [-0.2, -0.15) is 0 Å². The van der Waals surface area contributed by atoms with Crippen molar-refractivity contribution in [1.29, 1.82) is 0 Å². The van der Waals surface area contributed by atoms with Gasteiger partial charge in [-0.25, -0.2) is 0 Å². The lowest BCUT2D eigenvalue weighted by Gasteiger charge is -2.29. The van der Waals surface area contributed by atoms with E-state index >= 15 is 0 Å². The zero-order valence-electron chi connectivity index (χ0n) is 12.4. The van der Waals surface area contributed by atoms with Crippen LogP contribution in [0.3, 0.4) is 0 Å². The van der Waals surface area contributed by atoms with Gasteiger partial charge in [-0.05, 0) is 51.8 Å². The average molecular weight is 273 g/mol. The first kappa shape index (κ1) is 13.4. The molecule has 1 heterocycles. The molecule has 1 aromatic rings. The predicted molar refractivity (Wildman–Crippen MR) is 82.1 cm³/mol. The lowest BCUT2D eigenvalue weighted by molar-refractivity contribution is -0.117. The highest BCUT2D eigenvalue weighted by Gasteiger charge is 2.30. The summed E-state index contributed by atoms with van der Waals surface area (Å²) in [6, 6.07) is 6.60. The van der Waals surface area contributed by atoms with Gasteiger partial charge in [-0.15, -0.1) is 0 Å². The number of hydrogen-bond donors (Lipinski definition) is 2. The summed E-state index contributed by atoms with van der Waals surface area (Å²) in [5.41, 5.74) is 3.22. The maximum atomic E-state index is 11.9. The monoisotopic (exact) mass is 273 g/mol. The van der Waals surface area contributed by atoms with Crippen LogP contribution in [0, 0.1) is 5.92 Å². The van der Waals surface area contributed by atoms with E-state index in [2.05, 4.69) is 47.6 Å². The number of rotatable bonds is 5. The summed E-state index contributed by atoms with van der Waals surface area (Å²) in [5, 5.41) is 6.03. The molecule has 0 spiro atoms. The van der Waals surface area contributed by atoms with Crippen LogP contribution in [-0.4, -0.2) is 25.5 Å². The zero-order valence-corrected chi connectivity index (χ0v) is 12.4. The maximum absolute atomic E-state index is 11.9. The Morgan fingerprint density at radius 2 is 2.15 bits per heavy atom. The van der Waals surface area contributed by atoms with Crippen molar-refractivity contribution in [2.45, 2.75) is 38.8 Å². The molecule has 0 aromatic heterocycles. The standard InChI is InChI=1S/C16H23N3O/c1-10(2)19(9-11-4-5-11)12-6-7-13-14(8-12)18-16(20)15(13)17-3/h6-8,10-11,15,17H,4-5,9H2,1-3H3,(H,18,20). The molecule has 1 saturated carbocycles. The Morgan fingerprint density at radius 1 is 1.40 bits per heavy atom. The third-order valence-electron chi connectivity index (χ3n) is 4.26. The molecular formula is C16H23N3O. The number of benzene rings is 1. The largest absolute Gasteiger partial charge is 0.369 e. The van der Waals surface area contributed by atoms with Crippen molar-refractivity contribution < 1.29 is 4.79 Å². The van der Waals surface area contributed by atoms with Gasteiger partial charge < -0.3 is 15.5 Å². The molecular weight excluding hydrogens is 250 g/mol. The number of amides is 1. The maximum Gasteiger partial charge on any atom is 0.246 e. The first-order valence-corrected chi connectivity index (χ1v) is 7.49. The molecule has 2 N–H and O–H groups in total. The molecule has 20 heavy (non-hydrogen) atoms. The summed E-state index contributed by atoms with van der Waals surface area (Å²) in [7, 11) is 1.82. The van der Waals surface area contributed by atoms with Gasteiger partial charge in [0.25, 0.3) is 0 Å². The Morgan fingerprint density at radius 3 is 2.75 bits per heavy atom. The molecule has 0 saturated heterocycles. The van der Waals surface area contributed by atoms with Crippen LogP contribution in [-0.2, 0) is 4.79 Å². The van der Waals surface area contributed by atoms with Crippen LogP contribution >= 0.6 is 0 Å². The average Bonchev–Trinajstić information content (AvgIpc) is 3.17. The van der Waals surface area contributed by atoms with E-state index in [1.807, 2.05) is 7.05 Å². The van der Waals surface area contributed by atoms with Gasteiger partial charge in [0, 0.05) is 29.5 Å². The van der Waals surface area contributed by atoms with E-state index in [9.17, 15) is 4.79 Å². The lowest BCUT2D eigenvalue weighted by Crippen LogP contribution is -2.32. The normalized spacial score (nSPS) is 21.0. The molecule has 2 aliphatic rings. The van der Waals surface area contributed by atoms with Gasteiger partial charge in [0.15, 0.2) is 0 Å². The molecule has 1 aliphatic heterocycles. The summed E-state index contributed by atoms with van der Waals surface area (Å²) in [4.78, 5) is 14.3. The fourth-order valence-corrected chi connectivity index (χ4v) is 2.91. The van der Waals surface area contributed by atoms with Crippen molar-refractivity contribution >= 4 is 17.3 Å². The molecule has 0 radical (unpaired) electrons. The fourth-order valence-electron chi connectivity index (χ4n) is 2.91. The van der Waals surface area contributed by atoms with Gasteiger partial charge in [0.1, 0.15) is 6.04 Å². The topological polar surface area (TPSA) is 44.4 Å². The Balaban J connectivity index is 1.88. The number of likely N-dealkylation sites (N-methyl/N-ethyl adjacent to an activating group) is 1. The first-order valence-electron chi connectivity index (χ1n) is 7.49. The minimum atomic E-state index is -0.213. The molecule has 1 atom stereocenters. The Kier molecular flexibility index (Phi) is 3.42. The Hall–Kier alpha value is -1.55. The van der Waals surface area contributed by atoms with Crippen molar-refractivity contribution in [3.05, 3.63) is 23.8 Å². The van der Waals surface area contributed by atoms with Crippen LogP contribution in [0.1, 0.15) is 38.3 Å². The van der Waals surface area contributed by atoms with Crippen LogP contribution in [0.15, 0.2) is 18.2 Å². The summed E-state index contributed by atoms with van der Waals surface area (Å²) in [6.07, 6.45) is 2.71. The SMILES string of the molecule is CNC1C(=O)Nc2cc(N(CC3CC3)C(C)C)ccc21. The van der Waals surface area contributed by atoms with E-state index in [-0.39, 0.29) is 11.9 Å². The van der Waals surface area contributed by atoms with Gasteiger partial charge in [-0.1, -0.05) is 6.07 Å². The van der Waals surface area contributed by atoms with E-state index in [0.29, 0.717) is 6.04 Å². The molecule has 1 fully saturated rings. The van der Waals surface area contributed by atoms with Gasteiger partial charge >= 0.3 is 0 Å². The molecule has 4 nitrogen and oxygen atoms in total. The van der Waals surface area contributed by atoms with Crippen LogP contribution in [0.5, 0.6) is 0 Å². The number of nitrogens with one attached hydrogen (secondary N) is 2. The highest BCUT2D eigenvalue weighted by molar-refractivity contribution is 6.03. The summed E-state index contributed by atoms with van der Waals surface area (Å²) < 4.78 is 0. The highest BCUT2D eigenvalue weighted by atomic mass is 16.2. The Bertz CT molecular complexity index is 522. The molecule has 4 heteroatoms. The highest BCUT2D eigenvalue weighted by Crippen LogP contribution is 2.36. The minimum absolute atomic E-state index is 0.0398. The lowest BCUT2D eigenvalue weighted by atomic mass is 10.1. The second kappa shape index (κ2) is 5.09. The van der Waals surface area contributed by atoms with Crippen molar-refractivity contribution in [2.24, 2.45) is 5.92 Å². The smallest absolute Gasteiger partial charge is 0.246 e. The van der Waals surface area contributed by atoms with Crippen molar-refractivity contribution in [3.8, 4) is 0 Å². The zero-order chi connectivity index (χ0) is 14.3. The van der Waals surface area contributed by atoms with E-state index in [0.717, 1.165) is 23.7 Å². The van der Waals surface area contributed by atoms with E-state index in [1.165, 1.54) is 18.5 Å². The summed E-state index contributed by atoms with van der Waals surface area (Å²) in [6.45, 7) is 5.58. The molecule has 1 aromatic carbocycles. The van der Waals surface area contributed by atoms with Crippen LogP contribution in [0.2, 0.25) is 0 Å². The van der Waals surface area contributed by atoms with E-state index in [1.54, 1.807) is 0 Å². The summed E-state index contributed by atoms with van der Waals surface area (Å²) in [5.74, 6) is 0.892. The van der Waals surface area contributed by atoms with Gasteiger partial charge in [0.05, 0.1) is 0 Å².